The molecule has 1 rings (SSSR count). The molecule has 1 nitrogen and oxygen atoms in total. The van der Waals surface area contributed by atoms with Crippen LogP contribution >= 0.6 is 0 Å². The Morgan fingerprint density at radius 3 is 2.17 bits per heavy atom. The van der Waals surface area contributed by atoms with E-state index in [0.29, 0.717) is 12.5 Å². The molecule has 0 radical (unpaired) electrons. The maximum atomic E-state index is 8.92. The van der Waals surface area contributed by atoms with E-state index >= 15 is 0 Å². The van der Waals surface area contributed by atoms with E-state index in [1.807, 2.05) is 0 Å². The minimum Gasteiger partial charge on any atom is -0.396 e. The summed E-state index contributed by atoms with van der Waals surface area (Å²) < 4.78 is 0. The second-order valence-electron chi connectivity index (χ2n) is 5.43. The van der Waals surface area contributed by atoms with Gasteiger partial charge in [0.15, 0.2) is 0 Å². The highest BCUT2D eigenvalue weighted by Crippen LogP contribution is 2.12. The van der Waals surface area contributed by atoms with Crippen LogP contribution in [0.3, 0.4) is 0 Å². The summed E-state index contributed by atoms with van der Waals surface area (Å²) in [5, 5.41) is 8.92. The molecule has 0 amide bonds. The number of unbranched alkanes of at least 4 members (excludes halogenated alkanes) is 5. The molecule has 0 aliphatic heterocycles. The topological polar surface area (TPSA) is 20.2 Å². The summed E-state index contributed by atoms with van der Waals surface area (Å²) in [4.78, 5) is 0. The third-order valence-corrected chi connectivity index (χ3v) is 3.57. The minimum absolute atomic E-state index is 0.344. The van der Waals surface area contributed by atoms with Crippen molar-refractivity contribution in [1.29, 1.82) is 0 Å². The smallest absolute Gasteiger partial charge is 0.0456 e. The van der Waals surface area contributed by atoms with Crippen molar-refractivity contribution in [1.82, 2.24) is 0 Å². The monoisotopic (exact) mass is 248 g/mol. The standard InChI is InChI=1S/C17H28O/c1-16(15-18)11-7-4-2-3-5-8-12-17-13-9-6-10-14-17/h6,9-10,13-14,16,18H,2-5,7-8,11-12,15H2,1H3. The Bertz CT molecular complexity index is 281. The number of benzene rings is 1. The summed E-state index contributed by atoms with van der Waals surface area (Å²) in [5.41, 5.74) is 1.47. The molecule has 1 N–H and O–H groups in total. The first-order valence-corrected chi connectivity index (χ1v) is 7.47. The molecule has 18 heavy (non-hydrogen) atoms. The van der Waals surface area contributed by atoms with Crippen molar-refractivity contribution >= 4 is 0 Å². The fourth-order valence-corrected chi connectivity index (χ4v) is 2.26. The zero-order valence-corrected chi connectivity index (χ0v) is 11.8. The highest BCUT2D eigenvalue weighted by Gasteiger charge is 1.99. The second kappa shape index (κ2) is 10.1. The molecule has 1 aromatic carbocycles. The van der Waals surface area contributed by atoms with Gasteiger partial charge in [0.2, 0.25) is 0 Å². The van der Waals surface area contributed by atoms with Gasteiger partial charge >= 0.3 is 0 Å². The number of hydrogen-bond donors (Lipinski definition) is 1. The van der Waals surface area contributed by atoms with Crippen LogP contribution < -0.4 is 0 Å². The van der Waals surface area contributed by atoms with E-state index in [1.165, 1.54) is 56.9 Å². The van der Waals surface area contributed by atoms with Crippen LogP contribution in [0.25, 0.3) is 0 Å². The Morgan fingerprint density at radius 2 is 1.50 bits per heavy atom. The van der Waals surface area contributed by atoms with Gasteiger partial charge < -0.3 is 5.11 Å². The summed E-state index contributed by atoms with van der Waals surface area (Å²) in [5.74, 6) is 0.489. The third kappa shape index (κ3) is 7.50. The van der Waals surface area contributed by atoms with E-state index in [4.69, 9.17) is 5.11 Å². The summed E-state index contributed by atoms with van der Waals surface area (Å²) in [6.07, 6.45) is 10.4. The molecule has 0 heterocycles. The van der Waals surface area contributed by atoms with Crippen LogP contribution in [0.15, 0.2) is 30.3 Å². The summed E-state index contributed by atoms with van der Waals surface area (Å²) in [7, 11) is 0. The van der Waals surface area contributed by atoms with Gasteiger partial charge in [0.25, 0.3) is 0 Å². The first-order chi connectivity index (χ1) is 8.83. The average Bonchev–Trinajstić information content (AvgIpc) is 2.42. The molecule has 0 aliphatic rings. The SMILES string of the molecule is CC(CO)CCCCCCCCc1ccccc1. The highest BCUT2D eigenvalue weighted by atomic mass is 16.3. The van der Waals surface area contributed by atoms with E-state index in [0.717, 1.165) is 0 Å². The Labute approximate surface area is 112 Å². The van der Waals surface area contributed by atoms with Gasteiger partial charge in [-0.3, -0.25) is 0 Å². The summed E-state index contributed by atoms with van der Waals surface area (Å²) >= 11 is 0. The predicted octanol–water partition coefficient (Wildman–Crippen LogP) is 4.59. The zero-order chi connectivity index (χ0) is 13.1. The molecule has 102 valence electrons. The van der Waals surface area contributed by atoms with Crippen molar-refractivity contribution in [3.05, 3.63) is 35.9 Å². The molecular formula is C17H28O. The van der Waals surface area contributed by atoms with Crippen molar-refractivity contribution in [2.24, 2.45) is 5.92 Å². The first-order valence-electron chi connectivity index (χ1n) is 7.47. The molecule has 0 bridgehead atoms. The lowest BCUT2D eigenvalue weighted by Gasteiger charge is -2.06. The van der Waals surface area contributed by atoms with Crippen LogP contribution in [0.2, 0.25) is 0 Å². The van der Waals surface area contributed by atoms with Gasteiger partial charge in [-0.05, 0) is 30.7 Å². The molecule has 1 atom stereocenters. The van der Waals surface area contributed by atoms with E-state index in [-0.39, 0.29) is 0 Å². The van der Waals surface area contributed by atoms with Gasteiger partial charge in [-0.2, -0.15) is 0 Å². The number of aliphatic hydroxyl groups is 1. The Hall–Kier alpha value is -0.820. The van der Waals surface area contributed by atoms with Crippen LogP contribution in [0.1, 0.15) is 57.4 Å². The zero-order valence-electron chi connectivity index (χ0n) is 11.8. The quantitative estimate of drug-likeness (QED) is 0.600. The van der Waals surface area contributed by atoms with Gasteiger partial charge in [-0.1, -0.05) is 69.4 Å². The third-order valence-electron chi connectivity index (χ3n) is 3.57. The largest absolute Gasteiger partial charge is 0.396 e. The lowest BCUT2D eigenvalue weighted by molar-refractivity contribution is 0.227. The van der Waals surface area contributed by atoms with E-state index in [1.54, 1.807) is 0 Å². The Kier molecular flexibility index (Phi) is 8.58. The Balaban J connectivity index is 1.87. The summed E-state index contributed by atoms with van der Waals surface area (Å²) in [6, 6.07) is 10.8. The number of aryl methyl sites for hydroxylation is 1. The van der Waals surface area contributed by atoms with Gasteiger partial charge in [0.05, 0.1) is 0 Å². The maximum Gasteiger partial charge on any atom is 0.0456 e. The maximum absolute atomic E-state index is 8.92. The van der Waals surface area contributed by atoms with Crippen molar-refractivity contribution in [2.45, 2.75) is 58.3 Å². The average molecular weight is 248 g/mol. The molecule has 0 spiro atoms. The summed E-state index contributed by atoms with van der Waals surface area (Å²) in [6.45, 7) is 2.47. The lowest BCUT2D eigenvalue weighted by atomic mass is 10.0. The molecule has 1 heteroatoms. The van der Waals surface area contributed by atoms with Crippen molar-refractivity contribution < 1.29 is 5.11 Å². The van der Waals surface area contributed by atoms with Gasteiger partial charge in [-0.15, -0.1) is 0 Å². The highest BCUT2D eigenvalue weighted by molar-refractivity contribution is 5.14. The van der Waals surface area contributed by atoms with E-state index in [9.17, 15) is 0 Å². The number of hydrogen-bond acceptors (Lipinski definition) is 1. The minimum atomic E-state index is 0.344. The Morgan fingerprint density at radius 1 is 0.889 bits per heavy atom. The van der Waals surface area contributed by atoms with Crippen LogP contribution in [-0.2, 0) is 6.42 Å². The normalized spacial score (nSPS) is 12.6. The number of aliphatic hydroxyl groups excluding tert-OH is 1. The van der Waals surface area contributed by atoms with Crippen molar-refractivity contribution in [3.63, 3.8) is 0 Å². The van der Waals surface area contributed by atoms with Crippen LogP contribution in [0.5, 0.6) is 0 Å². The van der Waals surface area contributed by atoms with E-state index in [2.05, 4.69) is 37.3 Å². The van der Waals surface area contributed by atoms with Gasteiger partial charge in [0, 0.05) is 6.61 Å². The van der Waals surface area contributed by atoms with Crippen molar-refractivity contribution in [2.75, 3.05) is 6.61 Å². The molecule has 0 aliphatic carbocycles. The lowest BCUT2D eigenvalue weighted by Crippen LogP contribution is -1.99. The molecule has 1 aromatic rings. The van der Waals surface area contributed by atoms with Crippen LogP contribution in [-0.4, -0.2) is 11.7 Å². The molecular weight excluding hydrogens is 220 g/mol. The molecule has 1 unspecified atom stereocenters. The molecule has 0 saturated carbocycles. The van der Waals surface area contributed by atoms with E-state index < -0.39 is 0 Å². The second-order valence-corrected chi connectivity index (χ2v) is 5.43. The van der Waals surface area contributed by atoms with Gasteiger partial charge in [-0.25, -0.2) is 0 Å². The predicted molar refractivity (Wildman–Crippen MR) is 78.7 cm³/mol. The van der Waals surface area contributed by atoms with Crippen molar-refractivity contribution in [3.8, 4) is 0 Å². The number of rotatable bonds is 10. The molecule has 0 fully saturated rings. The first kappa shape index (κ1) is 15.2. The van der Waals surface area contributed by atoms with Crippen LogP contribution in [0.4, 0.5) is 0 Å². The molecule has 0 saturated heterocycles. The van der Waals surface area contributed by atoms with Crippen LogP contribution in [0, 0.1) is 5.92 Å². The fraction of sp³-hybridized carbons (Fsp3) is 0.647. The van der Waals surface area contributed by atoms with Gasteiger partial charge in [0.1, 0.15) is 0 Å². The molecule has 0 aromatic heterocycles. The fourth-order valence-electron chi connectivity index (χ4n) is 2.26.